The lowest BCUT2D eigenvalue weighted by Crippen LogP contribution is -2.54. The third-order valence-electron chi connectivity index (χ3n) is 5.17. The molecule has 2 N–H and O–H groups in total. The maximum atomic E-state index is 13.1. The molecular weight excluding hydrogens is 497 g/mol. The molecule has 3 aromatic heterocycles. The highest BCUT2D eigenvalue weighted by molar-refractivity contribution is 7.89. The number of pyridine rings is 2. The van der Waals surface area contributed by atoms with Gasteiger partial charge in [-0.2, -0.15) is 17.9 Å². The zero-order valence-electron chi connectivity index (χ0n) is 17.6. The molecule has 0 aromatic carbocycles. The number of allylic oxidation sites excluding steroid dienone is 4. The number of rotatable bonds is 6. The van der Waals surface area contributed by atoms with E-state index < -0.39 is 32.6 Å². The fraction of sp³-hybridized carbons (Fsp3) is 0.190. The molecule has 0 radical (unpaired) electrons. The Morgan fingerprint density at radius 3 is 2.35 bits per heavy atom. The number of fused-ring (bicyclic) bond motifs is 1. The average molecular weight is 513 g/mol. The first-order valence-electron chi connectivity index (χ1n) is 9.62. The minimum Gasteiger partial charge on any atom is -0.478 e. The number of halogens is 4. The molecule has 0 saturated carbocycles. The number of hydrogen-bond acceptors (Lipinski definition) is 5. The summed E-state index contributed by atoms with van der Waals surface area (Å²) in [7, 11) is -4.58. The summed E-state index contributed by atoms with van der Waals surface area (Å²) in [5.41, 5.74) is -1.80. The molecule has 8 nitrogen and oxygen atoms in total. The average Bonchev–Trinajstić information content (AvgIpc) is 2.99. The summed E-state index contributed by atoms with van der Waals surface area (Å²) in [6.45, 7) is 1.39. The van der Waals surface area contributed by atoms with Crippen LogP contribution in [0.25, 0.3) is 28.1 Å². The first kappa shape index (κ1) is 23.9. The van der Waals surface area contributed by atoms with Crippen LogP contribution >= 0.6 is 11.6 Å². The Morgan fingerprint density at radius 2 is 1.85 bits per heavy atom. The van der Waals surface area contributed by atoms with Crippen LogP contribution in [0.1, 0.15) is 24.2 Å². The zero-order valence-corrected chi connectivity index (χ0v) is 19.1. The highest BCUT2D eigenvalue weighted by Gasteiger charge is 2.49. The topological polar surface area (TPSA) is 114 Å². The summed E-state index contributed by atoms with van der Waals surface area (Å²) < 4.78 is 67.7. The first-order chi connectivity index (χ1) is 15.7. The molecule has 0 aliphatic heterocycles. The molecule has 1 aliphatic rings. The molecule has 178 valence electrons. The van der Waals surface area contributed by atoms with Gasteiger partial charge in [-0.1, -0.05) is 17.7 Å². The van der Waals surface area contributed by atoms with Crippen molar-refractivity contribution in [3.8, 4) is 11.4 Å². The van der Waals surface area contributed by atoms with E-state index in [4.69, 9.17) is 11.6 Å². The number of carbonyl (C=O) groups is 1. The largest absolute Gasteiger partial charge is 0.478 e. The minimum absolute atomic E-state index is 0.0711. The van der Waals surface area contributed by atoms with Gasteiger partial charge in [0.25, 0.3) is 0 Å². The number of sulfonamides is 1. The smallest absolute Gasteiger partial charge is 0.407 e. The lowest BCUT2D eigenvalue weighted by Gasteiger charge is -2.28. The van der Waals surface area contributed by atoms with Gasteiger partial charge in [0.05, 0.1) is 22.0 Å². The third-order valence-corrected chi connectivity index (χ3v) is 7.02. The number of nitrogens with one attached hydrogen (secondary N) is 1. The molecule has 0 fully saturated rings. The summed E-state index contributed by atoms with van der Waals surface area (Å²) in [5, 5.41) is 10.4. The maximum absolute atomic E-state index is 13.1. The summed E-state index contributed by atoms with van der Waals surface area (Å²) in [6, 6.07) is 3.71. The van der Waals surface area contributed by atoms with Crippen LogP contribution in [-0.2, 0) is 10.0 Å². The Labute approximate surface area is 196 Å². The van der Waals surface area contributed by atoms with Crippen LogP contribution in [0.5, 0.6) is 0 Å². The Morgan fingerprint density at radius 1 is 1.18 bits per heavy atom. The number of carboxylic acid groups (broad SMARTS) is 1. The molecule has 0 saturated heterocycles. The monoisotopic (exact) mass is 512 g/mol. The van der Waals surface area contributed by atoms with Crippen molar-refractivity contribution in [3.05, 3.63) is 59.4 Å². The van der Waals surface area contributed by atoms with Gasteiger partial charge < -0.3 is 5.11 Å². The van der Waals surface area contributed by atoms with Crippen molar-refractivity contribution in [2.75, 3.05) is 0 Å². The predicted octanol–water partition coefficient (Wildman–Crippen LogP) is 4.48. The zero-order chi connectivity index (χ0) is 25.1. The highest BCUT2D eigenvalue weighted by atomic mass is 35.5. The number of aromatic nitrogens is 3. The minimum atomic E-state index is -4.83. The molecule has 34 heavy (non-hydrogen) atoms. The quantitative estimate of drug-likeness (QED) is 0.503. The summed E-state index contributed by atoms with van der Waals surface area (Å²) in [5.74, 6) is -1.29. The second-order valence-corrected chi connectivity index (χ2v) is 10.1. The van der Waals surface area contributed by atoms with E-state index in [0.717, 1.165) is 12.3 Å². The van der Waals surface area contributed by atoms with Crippen LogP contribution in [0, 0.1) is 0 Å². The molecule has 13 heteroatoms. The fourth-order valence-electron chi connectivity index (χ4n) is 3.31. The van der Waals surface area contributed by atoms with E-state index >= 15 is 0 Å². The maximum Gasteiger partial charge on any atom is 0.407 e. The summed E-state index contributed by atoms with van der Waals surface area (Å²) in [4.78, 5) is 20.0. The lowest BCUT2D eigenvalue weighted by atomic mass is 10.1. The van der Waals surface area contributed by atoms with E-state index in [-0.39, 0.29) is 27.4 Å². The predicted molar refractivity (Wildman–Crippen MR) is 119 cm³/mol. The number of hydrogen-bond donors (Lipinski definition) is 2. The molecule has 0 amide bonds. The second-order valence-electron chi connectivity index (χ2n) is 7.95. The van der Waals surface area contributed by atoms with Crippen molar-refractivity contribution >= 4 is 44.3 Å². The van der Waals surface area contributed by atoms with E-state index in [1.54, 1.807) is 23.0 Å². The van der Waals surface area contributed by atoms with E-state index in [1.807, 2.05) is 0 Å². The highest BCUT2D eigenvalue weighted by Crippen LogP contribution is 2.37. The van der Waals surface area contributed by atoms with Gasteiger partial charge >= 0.3 is 12.1 Å². The van der Waals surface area contributed by atoms with E-state index in [2.05, 4.69) is 9.97 Å². The van der Waals surface area contributed by atoms with Crippen molar-refractivity contribution in [2.45, 2.75) is 30.5 Å². The third kappa shape index (κ3) is 3.97. The van der Waals surface area contributed by atoms with Gasteiger partial charge in [0.15, 0.2) is 0 Å². The molecular formula is C21H16ClF3N4O4S. The van der Waals surface area contributed by atoms with Gasteiger partial charge in [0.2, 0.25) is 10.0 Å². The van der Waals surface area contributed by atoms with Crippen molar-refractivity contribution < 1.29 is 31.5 Å². The van der Waals surface area contributed by atoms with Gasteiger partial charge in [-0.3, -0.25) is 9.55 Å². The van der Waals surface area contributed by atoms with Crippen LogP contribution in [0.3, 0.4) is 0 Å². The van der Waals surface area contributed by atoms with Gasteiger partial charge in [-0.05, 0) is 44.2 Å². The second kappa shape index (κ2) is 7.93. The molecule has 1 aliphatic carbocycles. The molecule has 0 bridgehead atoms. The van der Waals surface area contributed by atoms with E-state index in [9.17, 15) is 31.5 Å². The molecule has 3 heterocycles. The normalized spacial score (nSPS) is 14.2. The van der Waals surface area contributed by atoms with Crippen molar-refractivity contribution in [1.29, 1.82) is 0 Å². The van der Waals surface area contributed by atoms with Gasteiger partial charge in [-0.15, -0.1) is 0 Å². The van der Waals surface area contributed by atoms with Crippen LogP contribution in [0.4, 0.5) is 13.2 Å². The Hall–Kier alpha value is -3.22. The molecule has 0 unspecified atom stereocenters. The van der Waals surface area contributed by atoms with Crippen molar-refractivity contribution in [3.63, 3.8) is 0 Å². The van der Waals surface area contributed by atoms with E-state index in [1.165, 1.54) is 22.9 Å². The van der Waals surface area contributed by atoms with Gasteiger partial charge in [0.1, 0.15) is 16.1 Å². The molecule has 4 rings (SSSR count). The molecule has 0 atom stereocenters. The van der Waals surface area contributed by atoms with Crippen LogP contribution in [0.2, 0.25) is 5.02 Å². The number of nitrogens with zero attached hydrogens (tertiary/aromatic N) is 3. The van der Waals surface area contributed by atoms with Crippen LogP contribution < -0.4 is 4.72 Å². The summed E-state index contributed by atoms with van der Waals surface area (Å²) >= 11 is 6.02. The van der Waals surface area contributed by atoms with E-state index in [0.29, 0.717) is 25.2 Å². The van der Waals surface area contributed by atoms with Gasteiger partial charge in [-0.25, -0.2) is 18.2 Å². The summed E-state index contributed by atoms with van der Waals surface area (Å²) in [6.07, 6.45) is 2.56. The van der Waals surface area contributed by atoms with Crippen molar-refractivity contribution in [2.24, 2.45) is 0 Å². The Balaban J connectivity index is 1.85. The van der Waals surface area contributed by atoms with Gasteiger partial charge in [0, 0.05) is 23.5 Å². The SMILES string of the molecule is CC(C)(NS(=O)(=O)c1ccc(-c2c(C(=O)O)c3cc(Cl)cnc3n2C2=CC=C2)nc1)C(F)(F)F. The fourth-order valence-corrected chi connectivity index (χ4v) is 4.82. The van der Waals surface area contributed by atoms with Crippen LogP contribution in [0.15, 0.2) is 53.7 Å². The molecule has 3 aromatic rings. The Bertz CT molecular complexity index is 1490. The Kier molecular flexibility index (Phi) is 5.58. The number of aromatic carboxylic acids is 1. The standard InChI is InChI=1S/C21H16ClF3N4O4S/c1-20(2,21(23,24)25)28-34(32,33)13-6-7-15(26-10-13)17-16(19(30)31)14-8-11(22)9-27-18(14)29(17)12-4-3-5-12/h3-10,28H,1-2H3,(H,30,31). The van der Waals surface area contributed by atoms with Crippen LogP contribution in [-0.4, -0.2) is 45.7 Å². The van der Waals surface area contributed by atoms with Crippen molar-refractivity contribution in [1.82, 2.24) is 19.3 Å². The molecule has 0 spiro atoms. The lowest BCUT2D eigenvalue weighted by molar-refractivity contribution is -0.180. The number of carboxylic acids is 1. The first-order valence-corrected chi connectivity index (χ1v) is 11.5. The number of alkyl halides is 3.